The summed E-state index contributed by atoms with van der Waals surface area (Å²) in [6, 6.07) is 15.8. The monoisotopic (exact) mass is 440 g/mol. The molecule has 0 radical (unpaired) electrons. The van der Waals surface area contributed by atoms with E-state index in [0.29, 0.717) is 23.2 Å². The smallest absolute Gasteiger partial charge is 0.354 e. The molecule has 164 valence electrons. The molecule has 0 spiro atoms. The summed E-state index contributed by atoms with van der Waals surface area (Å²) < 4.78 is 7.10. The molecule has 1 saturated carbocycles. The van der Waals surface area contributed by atoms with Crippen LogP contribution in [0.4, 0.5) is 0 Å². The number of nitrogens with one attached hydrogen (secondary N) is 1. The number of esters is 1. The summed E-state index contributed by atoms with van der Waals surface area (Å²) in [7, 11) is 1.43. The molecular formula is C25H29ClN2O3. The summed E-state index contributed by atoms with van der Waals surface area (Å²) in [4.78, 5) is 12.3. The first-order valence-electron chi connectivity index (χ1n) is 10.8. The van der Waals surface area contributed by atoms with Crippen LogP contribution in [0.2, 0.25) is 5.02 Å². The number of aromatic nitrogens is 1. The van der Waals surface area contributed by atoms with Crippen molar-refractivity contribution in [3.63, 3.8) is 0 Å². The lowest BCUT2D eigenvalue weighted by atomic mass is 10.0. The van der Waals surface area contributed by atoms with E-state index in [2.05, 4.69) is 35.0 Å². The topological polar surface area (TPSA) is 63.5 Å². The Bertz CT molecular complexity index is 1070. The first kappa shape index (κ1) is 21.9. The summed E-state index contributed by atoms with van der Waals surface area (Å²) in [5, 5.41) is 15.5. The lowest BCUT2D eigenvalue weighted by Gasteiger charge is -2.18. The maximum atomic E-state index is 12.3. The van der Waals surface area contributed by atoms with Crippen molar-refractivity contribution in [1.82, 2.24) is 9.88 Å². The number of ether oxygens (including phenoxy) is 1. The molecule has 1 aliphatic carbocycles. The highest BCUT2D eigenvalue weighted by Gasteiger charge is 2.25. The zero-order valence-electron chi connectivity index (χ0n) is 18.0. The molecule has 4 rings (SSSR count). The lowest BCUT2D eigenvalue weighted by molar-refractivity contribution is 0.0588. The van der Waals surface area contributed by atoms with Crippen molar-refractivity contribution in [2.45, 2.75) is 44.9 Å². The van der Waals surface area contributed by atoms with Gasteiger partial charge in [-0.15, -0.1) is 0 Å². The molecule has 2 aromatic carbocycles. The van der Waals surface area contributed by atoms with E-state index < -0.39 is 6.10 Å². The fourth-order valence-corrected chi connectivity index (χ4v) is 4.25. The first-order valence-corrected chi connectivity index (χ1v) is 11.2. The first-order chi connectivity index (χ1) is 14.9. The number of benzene rings is 2. The molecule has 3 aromatic rings. The minimum Gasteiger partial charge on any atom is -0.464 e. The number of carbonyl (C=O) groups excluding carboxylic acids is 1. The van der Waals surface area contributed by atoms with Crippen molar-refractivity contribution < 1.29 is 14.6 Å². The summed E-state index contributed by atoms with van der Waals surface area (Å²) in [5.41, 5.74) is 3.69. The fraction of sp³-hybridized carbons (Fsp3) is 0.400. The molecule has 2 atom stereocenters. The molecule has 0 saturated heterocycles. The molecule has 2 N–H and O–H groups in total. The van der Waals surface area contributed by atoms with Gasteiger partial charge in [0, 0.05) is 35.1 Å². The highest BCUT2D eigenvalue weighted by Crippen LogP contribution is 2.33. The number of hydrogen-bond donors (Lipinski definition) is 2. The van der Waals surface area contributed by atoms with E-state index in [4.69, 9.17) is 16.3 Å². The van der Waals surface area contributed by atoms with Gasteiger partial charge in [0.25, 0.3) is 0 Å². The maximum absolute atomic E-state index is 12.3. The molecule has 1 aromatic heterocycles. The molecule has 0 amide bonds. The normalized spacial score (nSPS) is 15.7. The Morgan fingerprint density at radius 1 is 1.26 bits per heavy atom. The third-order valence-corrected chi connectivity index (χ3v) is 6.17. The van der Waals surface area contributed by atoms with Crippen molar-refractivity contribution in [2.75, 3.05) is 13.7 Å². The van der Waals surface area contributed by atoms with Crippen LogP contribution in [0.25, 0.3) is 10.9 Å². The Morgan fingerprint density at radius 3 is 2.77 bits per heavy atom. The van der Waals surface area contributed by atoms with Gasteiger partial charge in [0.2, 0.25) is 0 Å². The van der Waals surface area contributed by atoms with Gasteiger partial charge in [-0.1, -0.05) is 29.8 Å². The van der Waals surface area contributed by atoms with E-state index in [1.807, 2.05) is 18.2 Å². The van der Waals surface area contributed by atoms with Gasteiger partial charge in [-0.3, -0.25) is 0 Å². The second-order valence-electron chi connectivity index (χ2n) is 8.55. The van der Waals surface area contributed by atoms with Crippen LogP contribution in [-0.2, 0) is 17.7 Å². The highest BCUT2D eigenvalue weighted by atomic mass is 35.5. The zero-order chi connectivity index (χ0) is 22.0. The largest absolute Gasteiger partial charge is 0.464 e. The summed E-state index contributed by atoms with van der Waals surface area (Å²) in [6.07, 6.45) is 2.66. The molecule has 1 aliphatic rings. The fourth-order valence-electron chi connectivity index (χ4n) is 4.05. The predicted molar refractivity (Wildman–Crippen MR) is 124 cm³/mol. The summed E-state index contributed by atoms with van der Waals surface area (Å²) >= 11 is 6.02. The van der Waals surface area contributed by atoms with Gasteiger partial charge in [0.1, 0.15) is 5.69 Å². The van der Waals surface area contributed by atoms with Gasteiger partial charge in [-0.05, 0) is 73.6 Å². The Hall–Kier alpha value is -2.34. The molecule has 1 fully saturated rings. The number of rotatable bonds is 9. The van der Waals surface area contributed by atoms with E-state index in [1.54, 1.807) is 12.1 Å². The SMILES string of the molecule is COC(=O)c1cc2cc(CC(C)NC[C@H](O)c3cccc(Cl)c3)ccc2n1CC1CC1. The van der Waals surface area contributed by atoms with Crippen LogP contribution in [-0.4, -0.2) is 35.3 Å². The average molecular weight is 441 g/mol. The average Bonchev–Trinajstić information content (AvgIpc) is 3.51. The molecule has 1 heterocycles. The van der Waals surface area contributed by atoms with Gasteiger partial charge >= 0.3 is 5.97 Å². The van der Waals surface area contributed by atoms with Crippen molar-refractivity contribution >= 4 is 28.5 Å². The van der Waals surface area contributed by atoms with Crippen molar-refractivity contribution in [3.8, 4) is 0 Å². The molecule has 5 nitrogen and oxygen atoms in total. The second-order valence-corrected chi connectivity index (χ2v) is 8.99. The van der Waals surface area contributed by atoms with Gasteiger partial charge in [0.15, 0.2) is 0 Å². The summed E-state index contributed by atoms with van der Waals surface area (Å²) in [6.45, 7) is 3.42. The highest BCUT2D eigenvalue weighted by molar-refractivity contribution is 6.30. The Labute approximate surface area is 188 Å². The molecular weight excluding hydrogens is 412 g/mol. The van der Waals surface area contributed by atoms with Crippen LogP contribution in [0.3, 0.4) is 0 Å². The van der Waals surface area contributed by atoms with Crippen molar-refractivity contribution in [3.05, 3.63) is 70.4 Å². The van der Waals surface area contributed by atoms with Crippen LogP contribution >= 0.6 is 11.6 Å². The van der Waals surface area contributed by atoms with Crippen LogP contribution in [0, 0.1) is 5.92 Å². The lowest BCUT2D eigenvalue weighted by Crippen LogP contribution is -2.32. The van der Waals surface area contributed by atoms with Gasteiger partial charge in [-0.2, -0.15) is 0 Å². The second kappa shape index (κ2) is 9.43. The molecule has 1 unspecified atom stereocenters. The Kier molecular flexibility index (Phi) is 6.65. The number of halogens is 1. The van der Waals surface area contributed by atoms with Gasteiger partial charge < -0.3 is 19.7 Å². The van der Waals surface area contributed by atoms with Crippen molar-refractivity contribution in [1.29, 1.82) is 0 Å². The van der Waals surface area contributed by atoms with Crippen LogP contribution < -0.4 is 5.32 Å². The Morgan fingerprint density at radius 2 is 2.06 bits per heavy atom. The Balaban J connectivity index is 1.43. The van der Waals surface area contributed by atoms with Crippen molar-refractivity contribution in [2.24, 2.45) is 5.92 Å². The summed E-state index contributed by atoms with van der Waals surface area (Å²) in [5.74, 6) is 0.372. The van der Waals surface area contributed by atoms with E-state index >= 15 is 0 Å². The molecule has 0 bridgehead atoms. The number of hydrogen-bond acceptors (Lipinski definition) is 4. The number of methoxy groups -OCH3 is 1. The number of carbonyl (C=O) groups is 1. The third kappa shape index (κ3) is 5.29. The third-order valence-electron chi connectivity index (χ3n) is 5.93. The van der Waals surface area contributed by atoms with Gasteiger partial charge in [0.05, 0.1) is 13.2 Å². The van der Waals surface area contributed by atoms with Gasteiger partial charge in [-0.25, -0.2) is 4.79 Å². The molecule has 6 heteroatoms. The quantitative estimate of drug-likeness (QED) is 0.471. The van der Waals surface area contributed by atoms with Crippen LogP contribution in [0.5, 0.6) is 0 Å². The number of nitrogens with zero attached hydrogens (tertiary/aromatic N) is 1. The number of fused-ring (bicyclic) bond motifs is 1. The zero-order valence-corrected chi connectivity index (χ0v) is 18.7. The maximum Gasteiger partial charge on any atom is 0.354 e. The van der Waals surface area contributed by atoms with E-state index in [1.165, 1.54) is 25.5 Å². The molecule has 31 heavy (non-hydrogen) atoms. The van der Waals surface area contributed by atoms with E-state index in [-0.39, 0.29) is 12.0 Å². The number of aliphatic hydroxyl groups is 1. The minimum atomic E-state index is -0.609. The van der Waals surface area contributed by atoms with E-state index in [0.717, 1.165) is 29.4 Å². The standard InChI is InChI=1S/C25H29ClN2O3/c1-16(27-14-24(29)19-4-3-5-21(26)12-19)10-18-8-9-22-20(11-18)13-23(25(30)31-2)28(22)15-17-6-7-17/h3-5,8-9,11-13,16-17,24,27,29H,6-7,10,14-15H2,1-2H3/t16?,24-/m0/s1. The number of aliphatic hydroxyl groups excluding tert-OH is 1. The molecule has 0 aliphatic heterocycles. The predicted octanol–water partition coefficient (Wildman–Crippen LogP) is 4.75. The van der Waals surface area contributed by atoms with Crippen LogP contribution in [0.1, 0.15) is 47.5 Å². The van der Waals surface area contributed by atoms with Crippen LogP contribution in [0.15, 0.2) is 48.5 Å². The minimum absolute atomic E-state index is 0.180. The van der Waals surface area contributed by atoms with E-state index in [9.17, 15) is 9.90 Å².